The number of nitrogens with zero attached hydrogens (tertiary/aromatic N) is 3. The van der Waals surface area contributed by atoms with Crippen LogP contribution in [0.25, 0.3) is 0 Å². The average Bonchev–Trinajstić information content (AvgIpc) is 2.83. The highest BCUT2D eigenvalue weighted by molar-refractivity contribution is 6.30. The normalized spacial score (nSPS) is 10.4. The van der Waals surface area contributed by atoms with Gasteiger partial charge in [-0.1, -0.05) is 16.8 Å². The number of carboxylic acid groups (broad SMARTS) is 1. The van der Waals surface area contributed by atoms with Gasteiger partial charge in [0.05, 0.1) is 18.7 Å². The molecule has 0 aliphatic heterocycles. The van der Waals surface area contributed by atoms with Gasteiger partial charge in [-0.05, 0) is 24.3 Å². The van der Waals surface area contributed by atoms with Crippen LogP contribution in [0, 0.1) is 0 Å². The molecule has 0 radical (unpaired) electrons. The van der Waals surface area contributed by atoms with Crippen LogP contribution in [0.1, 0.15) is 12.1 Å². The van der Waals surface area contributed by atoms with Crippen LogP contribution in [0.3, 0.4) is 0 Å². The summed E-state index contributed by atoms with van der Waals surface area (Å²) in [6.45, 7) is 1.16. The fourth-order valence-electron chi connectivity index (χ4n) is 1.63. The second-order valence-electron chi connectivity index (χ2n) is 4.20. The number of benzene rings is 1. The maximum atomic E-state index is 10.5. The van der Waals surface area contributed by atoms with E-state index < -0.39 is 5.97 Å². The number of aliphatic carboxylic acids is 1. The zero-order valence-corrected chi connectivity index (χ0v) is 11.5. The van der Waals surface area contributed by atoms with Crippen LogP contribution in [0.5, 0.6) is 5.75 Å². The Morgan fingerprint density at radius 2 is 2.10 bits per heavy atom. The molecule has 7 heteroatoms. The lowest BCUT2D eigenvalue weighted by Gasteiger charge is -2.05. The van der Waals surface area contributed by atoms with Crippen molar-refractivity contribution in [3.8, 4) is 5.75 Å². The minimum atomic E-state index is -0.914. The van der Waals surface area contributed by atoms with E-state index in [1.807, 2.05) is 12.1 Å². The smallest absolute Gasteiger partial charge is 0.309 e. The summed E-state index contributed by atoms with van der Waals surface area (Å²) < 4.78 is 7.15. The lowest BCUT2D eigenvalue weighted by molar-refractivity contribution is -0.136. The van der Waals surface area contributed by atoms with Gasteiger partial charge in [0.15, 0.2) is 0 Å². The Bertz CT molecular complexity index is 568. The highest BCUT2D eigenvalue weighted by atomic mass is 35.5. The molecule has 2 rings (SSSR count). The summed E-state index contributed by atoms with van der Waals surface area (Å²) in [6.07, 6.45) is 2.27. The number of carbonyl (C=O) groups is 1. The monoisotopic (exact) mass is 295 g/mol. The SMILES string of the molecule is O=C(O)Cc1cn(CCCOc2ccc(Cl)cc2)nn1. The fourth-order valence-corrected chi connectivity index (χ4v) is 1.76. The molecule has 0 spiro atoms. The van der Waals surface area contributed by atoms with Crippen molar-refractivity contribution in [2.75, 3.05) is 6.61 Å². The van der Waals surface area contributed by atoms with Gasteiger partial charge in [-0.25, -0.2) is 0 Å². The van der Waals surface area contributed by atoms with Gasteiger partial charge in [-0.15, -0.1) is 5.10 Å². The molecule has 1 N–H and O–H groups in total. The molecular weight excluding hydrogens is 282 g/mol. The Morgan fingerprint density at radius 3 is 2.80 bits per heavy atom. The van der Waals surface area contributed by atoms with E-state index in [2.05, 4.69) is 10.3 Å². The number of hydrogen-bond acceptors (Lipinski definition) is 4. The average molecular weight is 296 g/mol. The van der Waals surface area contributed by atoms with Crippen molar-refractivity contribution in [2.45, 2.75) is 19.4 Å². The van der Waals surface area contributed by atoms with E-state index in [1.165, 1.54) is 0 Å². The molecular formula is C13H14ClN3O3. The summed E-state index contributed by atoms with van der Waals surface area (Å²) in [5.74, 6) is -0.150. The van der Waals surface area contributed by atoms with Gasteiger partial charge >= 0.3 is 5.97 Å². The molecule has 1 aromatic carbocycles. The highest BCUT2D eigenvalue weighted by Crippen LogP contribution is 2.15. The lowest BCUT2D eigenvalue weighted by atomic mass is 10.3. The molecule has 6 nitrogen and oxygen atoms in total. The molecule has 1 heterocycles. The summed E-state index contributed by atoms with van der Waals surface area (Å²) in [4.78, 5) is 10.5. The molecule has 1 aromatic heterocycles. The third kappa shape index (κ3) is 4.55. The predicted molar refractivity (Wildman–Crippen MR) is 72.9 cm³/mol. The number of carboxylic acids is 1. The Balaban J connectivity index is 1.71. The van der Waals surface area contributed by atoms with Gasteiger partial charge in [0, 0.05) is 24.2 Å². The van der Waals surface area contributed by atoms with E-state index >= 15 is 0 Å². The Labute approximate surface area is 120 Å². The van der Waals surface area contributed by atoms with Crippen LogP contribution in [0.2, 0.25) is 5.02 Å². The first-order valence-corrected chi connectivity index (χ1v) is 6.50. The fraction of sp³-hybridized carbons (Fsp3) is 0.308. The molecule has 0 unspecified atom stereocenters. The number of aryl methyl sites for hydroxylation is 1. The highest BCUT2D eigenvalue weighted by Gasteiger charge is 2.05. The van der Waals surface area contributed by atoms with E-state index in [9.17, 15) is 4.79 Å². The molecule has 0 saturated heterocycles. The Kier molecular flexibility index (Phi) is 4.95. The summed E-state index contributed by atoms with van der Waals surface area (Å²) in [5.41, 5.74) is 0.455. The van der Waals surface area contributed by atoms with Gasteiger partial charge < -0.3 is 9.84 Å². The predicted octanol–water partition coefficient (Wildman–Crippen LogP) is 2.03. The topological polar surface area (TPSA) is 77.2 Å². The lowest BCUT2D eigenvalue weighted by Crippen LogP contribution is -2.05. The number of aromatic nitrogens is 3. The van der Waals surface area contributed by atoms with E-state index in [1.54, 1.807) is 23.0 Å². The first kappa shape index (κ1) is 14.3. The van der Waals surface area contributed by atoms with Gasteiger partial charge in [0.25, 0.3) is 0 Å². The molecule has 0 aliphatic rings. The van der Waals surface area contributed by atoms with E-state index in [0.717, 1.165) is 12.2 Å². The molecule has 106 valence electrons. The van der Waals surface area contributed by atoms with E-state index in [4.69, 9.17) is 21.4 Å². The van der Waals surface area contributed by atoms with Crippen molar-refractivity contribution in [2.24, 2.45) is 0 Å². The zero-order valence-electron chi connectivity index (χ0n) is 10.7. The molecule has 0 aliphatic carbocycles. The van der Waals surface area contributed by atoms with Gasteiger partial charge in [0.2, 0.25) is 0 Å². The number of ether oxygens (including phenoxy) is 1. The third-order valence-electron chi connectivity index (χ3n) is 2.53. The maximum Gasteiger partial charge on any atom is 0.309 e. The van der Waals surface area contributed by atoms with Crippen molar-refractivity contribution in [1.29, 1.82) is 0 Å². The molecule has 0 saturated carbocycles. The summed E-state index contributed by atoms with van der Waals surface area (Å²) in [5, 5.41) is 16.9. The van der Waals surface area contributed by atoms with Crippen LogP contribution >= 0.6 is 11.6 Å². The summed E-state index contributed by atoms with van der Waals surface area (Å²) in [7, 11) is 0. The molecule has 0 atom stereocenters. The van der Waals surface area contributed by atoms with Gasteiger partial charge in [-0.2, -0.15) is 0 Å². The maximum absolute atomic E-state index is 10.5. The standard InChI is InChI=1S/C13H14ClN3O3/c14-10-2-4-12(5-3-10)20-7-1-6-17-9-11(15-16-17)8-13(18)19/h2-5,9H,1,6-8H2,(H,18,19). The van der Waals surface area contributed by atoms with Crippen molar-refractivity contribution in [3.05, 3.63) is 41.2 Å². The Morgan fingerprint density at radius 1 is 1.35 bits per heavy atom. The molecule has 0 fully saturated rings. The van der Waals surface area contributed by atoms with Crippen molar-refractivity contribution >= 4 is 17.6 Å². The zero-order chi connectivity index (χ0) is 14.4. The van der Waals surface area contributed by atoms with Crippen molar-refractivity contribution in [1.82, 2.24) is 15.0 Å². The van der Waals surface area contributed by atoms with Crippen LogP contribution in [-0.4, -0.2) is 32.7 Å². The minimum Gasteiger partial charge on any atom is -0.494 e. The minimum absolute atomic E-state index is 0.110. The second kappa shape index (κ2) is 6.91. The number of halogens is 1. The van der Waals surface area contributed by atoms with Crippen LogP contribution < -0.4 is 4.74 Å². The summed E-state index contributed by atoms with van der Waals surface area (Å²) >= 11 is 5.78. The quantitative estimate of drug-likeness (QED) is 0.791. The molecule has 0 bridgehead atoms. The molecule has 0 amide bonds. The van der Waals surface area contributed by atoms with Crippen molar-refractivity contribution < 1.29 is 14.6 Å². The number of hydrogen-bond donors (Lipinski definition) is 1. The first-order chi connectivity index (χ1) is 9.63. The van der Waals surface area contributed by atoms with E-state index in [-0.39, 0.29) is 6.42 Å². The largest absolute Gasteiger partial charge is 0.494 e. The Hall–Kier alpha value is -2.08. The third-order valence-corrected chi connectivity index (χ3v) is 2.78. The van der Waals surface area contributed by atoms with Crippen LogP contribution in [0.15, 0.2) is 30.5 Å². The van der Waals surface area contributed by atoms with E-state index in [0.29, 0.717) is 23.9 Å². The van der Waals surface area contributed by atoms with Gasteiger partial charge in [-0.3, -0.25) is 9.48 Å². The van der Waals surface area contributed by atoms with Gasteiger partial charge in [0.1, 0.15) is 5.75 Å². The molecule has 20 heavy (non-hydrogen) atoms. The van der Waals surface area contributed by atoms with Crippen molar-refractivity contribution in [3.63, 3.8) is 0 Å². The summed E-state index contributed by atoms with van der Waals surface area (Å²) in [6, 6.07) is 7.16. The van der Waals surface area contributed by atoms with Crippen LogP contribution in [0.4, 0.5) is 0 Å². The number of rotatable bonds is 7. The van der Waals surface area contributed by atoms with Crippen LogP contribution in [-0.2, 0) is 17.8 Å². The second-order valence-corrected chi connectivity index (χ2v) is 4.64. The first-order valence-electron chi connectivity index (χ1n) is 6.12. The molecule has 2 aromatic rings.